The second kappa shape index (κ2) is 5.08. The molecule has 1 amide bonds. The van der Waals surface area contributed by atoms with Gasteiger partial charge in [0.15, 0.2) is 0 Å². The molecule has 4 nitrogen and oxygen atoms in total. The minimum absolute atomic E-state index is 0.0251. The zero-order chi connectivity index (χ0) is 16.8. The summed E-state index contributed by atoms with van der Waals surface area (Å²) in [6.07, 6.45) is -3.27. The van der Waals surface area contributed by atoms with E-state index in [9.17, 15) is 22.4 Å². The first-order valence-electron chi connectivity index (χ1n) is 6.41. The lowest BCUT2D eigenvalue weighted by Crippen LogP contribution is -2.11. The molecule has 0 unspecified atom stereocenters. The minimum Gasteiger partial charge on any atom is -0.366 e. The highest BCUT2D eigenvalue weighted by Gasteiger charge is 2.32. The van der Waals surface area contributed by atoms with Gasteiger partial charge in [-0.15, -0.1) is 0 Å². The number of nitrogens with two attached hydrogens (primary N) is 1. The summed E-state index contributed by atoms with van der Waals surface area (Å²) in [5, 5.41) is 6.48. The second-order valence-corrected chi connectivity index (χ2v) is 4.91. The van der Waals surface area contributed by atoms with Gasteiger partial charge in [-0.1, -0.05) is 6.07 Å². The number of aromatic nitrogens is 2. The molecule has 0 aliphatic rings. The van der Waals surface area contributed by atoms with Crippen molar-refractivity contribution in [2.45, 2.75) is 6.18 Å². The molecule has 23 heavy (non-hydrogen) atoms. The van der Waals surface area contributed by atoms with Crippen LogP contribution in [0.5, 0.6) is 0 Å². The number of benzene rings is 2. The van der Waals surface area contributed by atoms with Crippen molar-refractivity contribution in [1.29, 1.82) is 0 Å². The van der Waals surface area contributed by atoms with E-state index in [1.54, 1.807) is 0 Å². The monoisotopic (exact) mass is 323 g/mol. The van der Waals surface area contributed by atoms with Gasteiger partial charge >= 0.3 is 6.18 Å². The van der Waals surface area contributed by atoms with E-state index in [0.717, 1.165) is 18.2 Å². The van der Waals surface area contributed by atoms with Crippen LogP contribution in [0.2, 0.25) is 0 Å². The summed E-state index contributed by atoms with van der Waals surface area (Å²) in [6.45, 7) is 0. The molecule has 3 rings (SSSR count). The molecule has 8 heteroatoms. The molecule has 3 aromatic rings. The van der Waals surface area contributed by atoms with Crippen LogP contribution >= 0.6 is 0 Å². The summed E-state index contributed by atoms with van der Waals surface area (Å²) in [5.41, 5.74) is 4.14. The number of carbonyl (C=O) groups is 1. The maximum atomic E-state index is 14.2. The number of hydrogen-bond acceptors (Lipinski definition) is 2. The number of amides is 1. The summed E-state index contributed by atoms with van der Waals surface area (Å²) in [7, 11) is 0. The topological polar surface area (TPSA) is 71.8 Å². The third-order valence-electron chi connectivity index (χ3n) is 3.43. The van der Waals surface area contributed by atoms with Crippen molar-refractivity contribution in [2.24, 2.45) is 5.73 Å². The lowest BCUT2D eigenvalue weighted by Gasteiger charge is -2.11. The Kier molecular flexibility index (Phi) is 3.32. The Balaban J connectivity index is 2.27. The van der Waals surface area contributed by atoms with Crippen molar-refractivity contribution >= 4 is 16.8 Å². The largest absolute Gasteiger partial charge is 0.416 e. The van der Waals surface area contributed by atoms with Crippen LogP contribution in [0.15, 0.2) is 36.5 Å². The van der Waals surface area contributed by atoms with Gasteiger partial charge < -0.3 is 5.73 Å². The van der Waals surface area contributed by atoms with E-state index in [2.05, 4.69) is 10.2 Å². The van der Waals surface area contributed by atoms with Gasteiger partial charge in [0.1, 0.15) is 5.82 Å². The number of primary amides is 1. The normalized spacial score (nSPS) is 11.8. The first-order valence-corrected chi connectivity index (χ1v) is 6.41. The number of carbonyl (C=O) groups excluding carboxylic acids is 1. The van der Waals surface area contributed by atoms with Crippen LogP contribution in [0.1, 0.15) is 15.9 Å². The average Bonchev–Trinajstić information content (AvgIpc) is 2.93. The highest BCUT2D eigenvalue weighted by atomic mass is 19.4. The molecule has 0 spiro atoms. The fourth-order valence-corrected chi connectivity index (χ4v) is 2.32. The molecule has 2 aromatic carbocycles. The molecule has 0 saturated carbocycles. The van der Waals surface area contributed by atoms with Gasteiger partial charge in [0.25, 0.3) is 0 Å². The predicted octanol–water partition coefficient (Wildman–Crippen LogP) is 3.49. The summed E-state index contributed by atoms with van der Waals surface area (Å²) < 4.78 is 53.2. The molecule has 0 saturated heterocycles. The van der Waals surface area contributed by atoms with Crippen LogP contribution < -0.4 is 5.73 Å². The summed E-state index contributed by atoms with van der Waals surface area (Å²) in [6, 6.07) is 5.12. The summed E-state index contributed by atoms with van der Waals surface area (Å²) >= 11 is 0. The number of aromatic amines is 1. The molecule has 0 fully saturated rings. The third kappa shape index (κ3) is 2.63. The molecule has 0 atom stereocenters. The number of halogens is 4. The Morgan fingerprint density at radius 3 is 2.48 bits per heavy atom. The van der Waals surface area contributed by atoms with E-state index in [4.69, 9.17) is 5.73 Å². The van der Waals surface area contributed by atoms with Gasteiger partial charge in [-0.2, -0.15) is 18.3 Å². The molecular weight excluding hydrogens is 314 g/mol. The van der Waals surface area contributed by atoms with Crippen LogP contribution in [0.4, 0.5) is 17.6 Å². The second-order valence-electron chi connectivity index (χ2n) is 4.91. The van der Waals surface area contributed by atoms with E-state index in [1.807, 2.05) is 0 Å². The lowest BCUT2D eigenvalue weighted by atomic mass is 9.97. The number of fused-ring (bicyclic) bond motifs is 1. The van der Waals surface area contributed by atoms with E-state index >= 15 is 0 Å². The zero-order valence-corrected chi connectivity index (χ0v) is 11.4. The van der Waals surface area contributed by atoms with Crippen molar-refractivity contribution < 1.29 is 22.4 Å². The van der Waals surface area contributed by atoms with Crippen LogP contribution in [-0.4, -0.2) is 16.1 Å². The molecule has 0 aliphatic carbocycles. The molecule has 118 valence electrons. The van der Waals surface area contributed by atoms with Crippen LogP contribution in [0, 0.1) is 5.82 Å². The molecule has 3 N–H and O–H groups in total. The fraction of sp³-hybridized carbons (Fsp3) is 0.0667. The third-order valence-corrected chi connectivity index (χ3v) is 3.43. The Morgan fingerprint density at radius 2 is 1.87 bits per heavy atom. The first-order chi connectivity index (χ1) is 10.8. The van der Waals surface area contributed by atoms with E-state index in [1.165, 1.54) is 18.3 Å². The molecule has 0 aliphatic heterocycles. The average molecular weight is 323 g/mol. The molecule has 1 heterocycles. The zero-order valence-electron chi connectivity index (χ0n) is 11.4. The number of rotatable bonds is 2. The smallest absolute Gasteiger partial charge is 0.366 e. The fourth-order valence-electron chi connectivity index (χ4n) is 2.32. The number of nitrogens with one attached hydrogen (secondary N) is 1. The summed E-state index contributed by atoms with van der Waals surface area (Å²) in [4.78, 5) is 11.0. The van der Waals surface area contributed by atoms with Crippen molar-refractivity contribution in [3.05, 3.63) is 53.5 Å². The van der Waals surface area contributed by atoms with E-state index in [0.29, 0.717) is 5.39 Å². The summed E-state index contributed by atoms with van der Waals surface area (Å²) in [5.74, 6) is -1.67. The van der Waals surface area contributed by atoms with Gasteiger partial charge in [-0.3, -0.25) is 9.89 Å². The molecule has 1 aromatic heterocycles. The van der Waals surface area contributed by atoms with Crippen molar-refractivity contribution in [3.63, 3.8) is 0 Å². The number of nitrogens with zero attached hydrogens (tertiary/aromatic N) is 1. The van der Waals surface area contributed by atoms with Gasteiger partial charge in [0, 0.05) is 16.5 Å². The van der Waals surface area contributed by atoms with Crippen molar-refractivity contribution in [2.75, 3.05) is 0 Å². The van der Waals surface area contributed by atoms with E-state index in [-0.39, 0.29) is 22.2 Å². The molecule has 0 bridgehead atoms. The van der Waals surface area contributed by atoms with Crippen LogP contribution in [0.25, 0.3) is 22.0 Å². The molecular formula is C15H9F4N3O. The Bertz CT molecular complexity index is 915. The highest BCUT2D eigenvalue weighted by Crippen LogP contribution is 2.37. The Morgan fingerprint density at radius 1 is 1.13 bits per heavy atom. The SMILES string of the molecule is NC(=O)c1ccc(-c2cc(C(F)(F)F)cc3[nH]ncc23)c(F)c1. The number of H-pyrrole nitrogens is 1. The van der Waals surface area contributed by atoms with Gasteiger partial charge in [0.2, 0.25) is 5.91 Å². The quantitative estimate of drug-likeness (QED) is 0.709. The van der Waals surface area contributed by atoms with Gasteiger partial charge in [-0.05, 0) is 29.8 Å². The lowest BCUT2D eigenvalue weighted by molar-refractivity contribution is -0.137. The first kappa shape index (κ1) is 15.0. The Labute approximate surface area is 126 Å². The van der Waals surface area contributed by atoms with Crippen LogP contribution in [-0.2, 0) is 6.18 Å². The van der Waals surface area contributed by atoms with Gasteiger partial charge in [-0.25, -0.2) is 4.39 Å². The molecule has 0 radical (unpaired) electrons. The number of hydrogen-bond donors (Lipinski definition) is 2. The van der Waals surface area contributed by atoms with E-state index < -0.39 is 23.5 Å². The minimum atomic E-state index is -4.59. The standard InChI is InChI=1S/C15H9F4N3O/c16-12-3-7(14(20)23)1-2-9(12)10-4-8(15(17,18)19)5-13-11(10)6-21-22-13/h1-6H,(H2,20,23)(H,21,22). The van der Waals surface area contributed by atoms with Crippen LogP contribution in [0.3, 0.4) is 0 Å². The van der Waals surface area contributed by atoms with Gasteiger partial charge in [0.05, 0.1) is 17.3 Å². The maximum Gasteiger partial charge on any atom is 0.416 e. The number of alkyl halides is 3. The maximum absolute atomic E-state index is 14.2. The predicted molar refractivity (Wildman–Crippen MR) is 75.0 cm³/mol. The van der Waals surface area contributed by atoms with Crippen molar-refractivity contribution in [1.82, 2.24) is 10.2 Å². The highest BCUT2D eigenvalue weighted by molar-refractivity contribution is 5.97. The Hall–Kier alpha value is -2.90. The van der Waals surface area contributed by atoms with Crippen molar-refractivity contribution in [3.8, 4) is 11.1 Å².